The summed E-state index contributed by atoms with van der Waals surface area (Å²) in [6.45, 7) is 5.95. The molecule has 17 heavy (non-hydrogen) atoms. The number of rotatable bonds is 5. The minimum absolute atomic E-state index is 0.329. The van der Waals surface area contributed by atoms with Gasteiger partial charge in [-0.25, -0.2) is 0 Å². The van der Waals surface area contributed by atoms with Crippen molar-refractivity contribution in [1.82, 2.24) is 0 Å². The van der Waals surface area contributed by atoms with Crippen LogP contribution >= 0.6 is 27.3 Å². The molecule has 0 aliphatic carbocycles. The molecule has 96 valence electrons. The monoisotopic (exact) mass is 320 g/mol. The van der Waals surface area contributed by atoms with Crippen LogP contribution in [0.1, 0.15) is 36.1 Å². The summed E-state index contributed by atoms with van der Waals surface area (Å²) in [6.07, 6.45) is -0.219. The molecule has 1 aromatic rings. The van der Waals surface area contributed by atoms with E-state index in [1.165, 1.54) is 11.3 Å². The number of halogens is 1. The minimum atomic E-state index is -0.783. The molecule has 0 bridgehead atoms. The smallest absolute Gasteiger partial charge is 0.311 e. The molecule has 0 fully saturated rings. The zero-order valence-electron chi connectivity index (χ0n) is 10.2. The number of thiophene rings is 1. The van der Waals surface area contributed by atoms with E-state index in [2.05, 4.69) is 15.9 Å². The first kappa shape index (κ1) is 14.7. The summed E-state index contributed by atoms with van der Waals surface area (Å²) in [5.41, 5.74) is 0. The Morgan fingerprint density at radius 2 is 2.24 bits per heavy atom. The molecule has 5 heteroatoms. The molecule has 0 aromatic carbocycles. The van der Waals surface area contributed by atoms with Crippen LogP contribution in [0.2, 0.25) is 0 Å². The molecule has 2 unspecified atom stereocenters. The van der Waals surface area contributed by atoms with Gasteiger partial charge in [0.2, 0.25) is 0 Å². The molecule has 1 heterocycles. The predicted molar refractivity (Wildman–Crippen MR) is 72.1 cm³/mol. The van der Waals surface area contributed by atoms with Crippen LogP contribution in [0.5, 0.6) is 0 Å². The maximum atomic E-state index is 11.7. The van der Waals surface area contributed by atoms with Crippen LogP contribution in [0.3, 0.4) is 0 Å². The second-order valence-corrected chi connectivity index (χ2v) is 5.91. The van der Waals surface area contributed by atoms with E-state index in [0.29, 0.717) is 13.0 Å². The van der Waals surface area contributed by atoms with E-state index in [0.717, 1.165) is 14.2 Å². The Hall–Kier alpha value is -0.390. The Labute approximate surface area is 114 Å². The lowest BCUT2D eigenvalue weighted by atomic mass is 9.98. The lowest BCUT2D eigenvalue weighted by molar-refractivity contribution is -0.152. The molecule has 0 saturated carbocycles. The van der Waals surface area contributed by atoms with Gasteiger partial charge in [0.1, 0.15) is 6.10 Å². The second kappa shape index (κ2) is 6.52. The van der Waals surface area contributed by atoms with Gasteiger partial charge in [0.15, 0.2) is 0 Å². The van der Waals surface area contributed by atoms with E-state index in [1.54, 1.807) is 6.92 Å². The molecule has 0 amide bonds. The second-order valence-electron chi connectivity index (χ2n) is 3.76. The van der Waals surface area contributed by atoms with Crippen molar-refractivity contribution in [3.63, 3.8) is 0 Å². The van der Waals surface area contributed by atoms with Gasteiger partial charge in [-0.05, 0) is 42.3 Å². The fraction of sp³-hybridized carbons (Fsp3) is 0.583. The van der Waals surface area contributed by atoms with Crippen molar-refractivity contribution in [3.05, 3.63) is 20.3 Å². The van der Waals surface area contributed by atoms with Gasteiger partial charge in [-0.3, -0.25) is 4.79 Å². The molecule has 0 aliphatic rings. The molecule has 0 aliphatic heterocycles. The van der Waals surface area contributed by atoms with Crippen molar-refractivity contribution in [1.29, 1.82) is 0 Å². The van der Waals surface area contributed by atoms with Crippen molar-refractivity contribution in [2.45, 2.75) is 33.3 Å². The van der Waals surface area contributed by atoms with Crippen LogP contribution in [0.15, 0.2) is 10.5 Å². The van der Waals surface area contributed by atoms with Gasteiger partial charge in [0.05, 0.1) is 12.5 Å². The van der Waals surface area contributed by atoms with Crippen LogP contribution < -0.4 is 0 Å². The van der Waals surface area contributed by atoms with Gasteiger partial charge in [-0.1, -0.05) is 6.92 Å². The third-order valence-electron chi connectivity index (χ3n) is 2.58. The van der Waals surface area contributed by atoms with E-state index in [-0.39, 0.29) is 5.97 Å². The van der Waals surface area contributed by atoms with E-state index in [4.69, 9.17) is 4.74 Å². The average Bonchev–Trinajstić information content (AvgIpc) is 2.60. The van der Waals surface area contributed by atoms with Gasteiger partial charge in [0.25, 0.3) is 0 Å². The highest BCUT2D eigenvalue weighted by molar-refractivity contribution is 9.10. The minimum Gasteiger partial charge on any atom is -0.466 e. The fourth-order valence-corrected chi connectivity index (χ4v) is 3.21. The largest absolute Gasteiger partial charge is 0.466 e. The first-order valence-corrected chi connectivity index (χ1v) is 7.22. The predicted octanol–water partition coefficient (Wildman–Crippen LogP) is 3.44. The normalized spacial score (nSPS) is 14.4. The van der Waals surface area contributed by atoms with Gasteiger partial charge in [-0.2, -0.15) is 0 Å². The van der Waals surface area contributed by atoms with Crippen molar-refractivity contribution in [2.24, 2.45) is 5.92 Å². The Balaban J connectivity index is 2.85. The van der Waals surface area contributed by atoms with E-state index >= 15 is 0 Å². The molecule has 0 saturated heterocycles. The lowest BCUT2D eigenvalue weighted by Crippen LogP contribution is -2.23. The number of aliphatic hydroxyl groups is 1. The highest BCUT2D eigenvalue weighted by Crippen LogP contribution is 2.35. The molecular formula is C12H17BrO3S. The number of hydrogen-bond donors (Lipinski definition) is 1. The SMILES string of the molecule is CCOC(=O)C(CC)C(O)c1cc(Br)c(C)s1. The maximum Gasteiger partial charge on any atom is 0.311 e. The summed E-state index contributed by atoms with van der Waals surface area (Å²) in [6, 6.07) is 1.87. The summed E-state index contributed by atoms with van der Waals surface area (Å²) >= 11 is 4.90. The zero-order valence-corrected chi connectivity index (χ0v) is 12.6. The van der Waals surface area contributed by atoms with Gasteiger partial charge in [-0.15, -0.1) is 11.3 Å². The number of esters is 1. The summed E-state index contributed by atoms with van der Waals surface area (Å²) in [5.74, 6) is -0.815. The quantitative estimate of drug-likeness (QED) is 0.845. The molecule has 1 N–H and O–H groups in total. The van der Waals surface area contributed by atoms with Gasteiger partial charge >= 0.3 is 5.97 Å². The van der Waals surface area contributed by atoms with Crippen LogP contribution in [0.25, 0.3) is 0 Å². The maximum absolute atomic E-state index is 11.7. The third-order valence-corrected chi connectivity index (χ3v) is 4.79. The molecule has 0 radical (unpaired) electrons. The van der Waals surface area contributed by atoms with Crippen LogP contribution in [-0.2, 0) is 9.53 Å². The van der Waals surface area contributed by atoms with Crippen molar-refractivity contribution in [3.8, 4) is 0 Å². The van der Waals surface area contributed by atoms with Crippen LogP contribution in [0, 0.1) is 12.8 Å². The summed E-state index contributed by atoms with van der Waals surface area (Å²) < 4.78 is 5.94. The molecule has 1 rings (SSSR count). The summed E-state index contributed by atoms with van der Waals surface area (Å²) in [7, 11) is 0. The van der Waals surface area contributed by atoms with Crippen molar-refractivity contribution >= 4 is 33.2 Å². The Kier molecular flexibility index (Phi) is 5.62. The molecule has 3 nitrogen and oxygen atoms in total. The van der Waals surface area contributed by atoms with E-state index in [1.807, 2.05) is 19.9 Å². The molecule has 2 atom stereocenters. The van der Waals surface area contributed by atoms with Crippen LogP contribution in [0.4, 0.5) is 0 Å². The van der Waals surface area contributed by atoms with E-state index < -0.39 is 12.0 Å². The lowest BCUT2D eigenvalue weighted by Gasteiger charge is -2.18. The van der Waals surface area contributed by atoms with Crippen molar-refractivity contribution in [2.75, 3.05) is 6.61 Å². The van der Waals surface area contributed by atoms with E-state index in [9.17, 15) is 9.90 Å². The highest BCUT2D eigenvalue weighted by atomic mass is 79.9. The van der Waals surface area contributed by atoms with Crippen molar-refractivity contribution < 1.29 is 14.6 Å². The Morgan fingerprint density at radius 3 is 2.65 bits per heavy atom. The molecular weight excluding hydrogens is 304 g/mol. The molecule has 1 aromatic heterocycles. The Morgan fingerprint density at radius 1 is 1.59 bits per heavy atom. The fourth-order valence-electron chi connectivity index (χ4n) is 1.59. The standard InChI is InChI=1S/C12H17BrO3S/c1-4-8(12(15)16-5-2)11(14)10-6-9(13)7(3)17-10/h6,8,11,14H,4-5H2,1-3H3. The number of carbonyl (C=O) groups is 1. The third kappa shape index (κ3) is 3.53. The number of ether oxygens (including phenoxy) is 1. The first-order chi connectivity index (χ1) is 8.01. The number of aliphatic hydroxyl groups excluding tert-OH is 1. The van der Waals surface area contributed by atoms with Gasteiger partial charge < -0.3 is 9.84 Å². The number of hydrogen-bond acceptors (Lipinski definition) is 4. The molecule has 0 spiro atoms. The van der Waals surface area contributed by atoms with Gasteiger partial charge in [0, 0.05) is 14.2 Å². The Bertz CT molecular complexity index is 370. The number of aryl methyl sites for hydroxylation is 1. The topological polar surface area (TPSA) is 46.5 Å². The average molecular weight is 321 g/mol. The number of carbonyl (C=O) groups excluding carboxylic acids is 1. The summed E-state index contributed by atoms with van der Waals surface area (Å²) in [4.78, 5) is 13.6. The van der Waals surface area contributed by atoms with Crippen LogP contribution in [-0.4, -0.2) is 17.7 Å². The summed E-state index contributed by atoms with van der Waals surface area (Å²) in [5, 5.41) is 10.2. The zero-order chi connectivity index (χ0) is 13.0. The first-order valence-electron chi connectivity index (χ1n) is 5.61. The highest BCUT2D eigenvalue weighted by Gasteiger charge is 2.29.